The molecule has 0 aromatic heterocycles. The molecular weight excluding hydrogens is 185 g/mol. The van der Waals surface area contributed by atoms with Gasteiger partial charge in [-0.3, -0.25) is 10.1 Å². The fourth-order valence-electron chi connectivity index (χ4n) is 1.30. The van der Waals surface area contributed by atoms with E-state index in [1.807, 2.05) is 0 Å². The number of halogens is 2. The number of carbonyl (C=O) groups excluding carboxylic acids is 1. The summed E-state index contributed by atoms with van der Waals surface area (Å²) in [4.78, 5) is 11.0. The van der Waals surface area contributed by atoms with Crippen molar-refractivity contribution in [1.82, 2.24) is 5.32 Å². The largest absolute Gasteiger partial charge is 0.468 e. The van der Waals surface area contributed by atoms with Gasteiger partial charge in [0.2, 0.25) is 0 Å². The maximum Gasteiger partial charge on any atom is 0.325 e. The monoisotopic (exact) mass is 197 g/mol. The zero-order valence-electron chi connectivity index (χ0n) is 7.09. The summed E-state index contributed by atoms with van der Waals surface area (Å²) in [6, 6.07) is 0. The van der Waals surface area contributed by atoms with Crippen molar-refractivity contribution in [3.63, 3.8) is 0 Å². The standard InChI is InChI=1S/C7H12FNO2.ClH/c1-7(6(10)11-2)3-5(8)4-9-7;/h5,9H,3-4H2,1-2H3;1H/t5-,7+;/m1./s1. The molecule has 0 amide bonds. The van der Waals surface area contributed by atoms with Crippen LogP contribution in [-0.4, -0.2) is 31.3 Å². The number of methoxy groups -OCH3 is 1. The minimum atomic E-state index is -0.931. The molecule has 1 aliphatic rings. The molecule has 0 radical (unpaired) electrons. The van der Waals surface area contributed by atoms with E-state index in [0.717, 1.165) is 0 Å². The Morgan fingerprint density at radius 1 is 1.75 bits per heavy atom. The number of hydrogen-bond acceptors (Lipinski definition) is 3. The summed E-state index contributed by atoms with van der Waals surface area (Å²) in [6.45, 7) is 1.89. The zero-order chi connectivity index (χ0) is 8.48. The quantitative estimate of drug-likeness (QED) is 0.628. The van der Waals surface area contributed by atoms with Gasteiger partial charge in [0.1, 0.15) is 11.7 Å². The number of hydrogen-bond donors (Lipinski definition) is 1. The highest BCUT2D eigenvalue weighted by Gasteiger charge is 2.41. The molecule has 0 aromatic carbocycles. The second-order valence-electron chi connectivity index (χ2n) is 3.01. The molecule has 1 heterocycles. The molecule has 1 aliphatic heterocycles. The predicted octanol–water partition coefficient (Wildman–Crippen LogP) is 0.671. The number of esters is 1. The molecule has 0 saturated carbocycles. The first-order chi connectivity index (χ1) is 5.08. The van der Waals surface area contributed by atoms with Crippen LogP contribution in [0.5, 0.6) is 0 Å². The molecule has 0 bridgehead atoms. The first-order valence-corrected chi connectivity index (χ1v) is 3.56. The van der Waals surface area contributed by atoms with Gasteiger partial charge in [-0.15, -0.1) is 12.4 Å². The van der Waals surface area contributed by atoms with Crippen molar-refractivity contribution in [2.45, 2.75) is 25.1 Å². The number of rotatable bonds is 1. The zero-order valence-corrected chi connectivity index (χ0v) is 7.91. The van der Waals surface area contributed by atoms with Crippen LogP contribution < -0.4 is 5.32 Å². The van der Waals surface area contributed by atoms with Crippen LogP contribution in [0.2, 0.25) is 0 Å². The van der Waals surface area contributed by atoms with Crippen LogP contribution in [0.15, 0.2) is 0 Å². The molecule has 1 N–H and O–H groups in total. The Morgan fingerprint density at radius 3 is 2.67 bits per heavy atom. The molecule has 1 fully saturated rings. The summed E-state index contributed by atoms with van der Waals surface area (Å²) in [5.74, 6) is -0.391. The van der Waals surface area contributed by atoms with E-state index in [0.29, 0.717) is 0 Å². The summed E-state index contributed by atoms with van der Waals surface area (Å²) in [7, 11) is 1.31. The SMILES string of the molecule is COC(=O)[C@]1(C)C[C@@H](F)CN1.Cl. The van der Waals surface area contributed by atoms with E-state index in [1.165, 1.54) is 7.11 Å². The van der Waals surface area contributed by atoms with E-state index in [9.17, 15) is 9.18 Å². The summed E-state index contributed by atoms with van der Waals surface area (Å²) < 4.78 is 17.2. The van der Waals surface area contributed by atoms with E-state index in [4.69, 9.17) is 0 Å². The lowest BCUT2D eigenvalue weighted by atomic mass is 10.0. The molecule has 12 heavy (non-hydrogen) atoms. The Morgan fingerprint density at radius 2 is 2.33 bits per heavy atom. The van der Waals surface area contributed by atoms with Gasteiger partial charge in [0.05, 0.1) is 7.11 Å². The van der Waals surface area contributed by atoms with E-state index in [-0.39, 0.29) is 25.4 Å². The van der Waals surface area contributed by atoms with Crippen molar-refractivity contribution in [1.29, 1.82) is 0 Å². The van der Waals surface area contributed by atoms with Crippen LogP contribution in [-0.2, 0) is 9.53 Å². The number of nitrogens with one attached hydrogen (secondary N) is 1. The van der Waals surface area contributed by atoms with Crippen LogP contribution >= 0.6 is 12.4 Å². The first-order valence-electron chi connectivity index (χ1n) is 3.56. The topological polar surface area (TPSA) is 38.3 Å². The molecule has 3 nitrogen and oxygen atoms in total. The molecule has 1 rings (SSSR count). The second kappa shape index (κ2) is 4.05. The lowest BCUT2D eigenvalue weighted by Gasteiger charge is -2.19. The van der Waals surface area contributed by atoms with Gasteiger partial charge >= 0.3 is 5.97 Å². The molecule has 72 valence electrons. The van der Waals surface area contributed by atoms with E-state index in [2.05, 4.69) is 10.1 Å². The van der Waals surface area contributed by atoms with Gasteiger partial charge in [-0.05, 0) is 6.92 Å². The number of ether oxygens (including phenoxy) is 1. The van der Waals surface area contributed by atoms with Gasteiger partial charge in [-0.25, -0.2) is 4.39 Å². The van der Waals surface area contributed by atoms with Crippen LogP contribution in [0.1, 0.15) is 13.3 Å². The van der Waals surface area contributed by atoms with Gasteiger partial charge in [-0.2, -0.15) is 0 Å². The Kier molecular flexibility index (Phi) is 3.93. The highest BCUT2D eigenvalue weighted by Crippen LogP contribution is 2.22. The van der Waals surface area contributed by atoms with Crippen molar-refractivity contribution in [3.05, 3.63) is 0 Å². The molecule has 0 spiro atoms. The van der Waals surface area contributed by atoms with Gasteiger partial charge in [0.25, 0.3) is 0 Å². The average Bonchev–Trinajstić information content (AvgIpc) is 2.31. The van der Waals surface area contributed by atoms with Gasteiger partial charge in [-0.1, -0.05) is 0 Å². The minimum absolute atomic E-state index is 0. The fraction of sp³-hybridized carbons (Fsp3) is 0.857. The molecule has 2 atom stereocenters. The first kappa shape index (κ1) is 11.6. The third kappa shape index (κ3) is 2.08. The molecule has 0 aliphatic carbocycles. The molecular formula is C7H13ClFNO2. The highest BCUT2D eigenvalue weighted by atomic mass is 35.5. The smallest absolute Gasteiger partial charge is 0.325 e. The molecule has 0 aromatic rings. The minimum Gasteiger partial charge on any atom is -0.468 e. The number of carbonyl (C=O) groups is 1. The van der Waals surface area contributed by atoms with Crippen molar-refractivity contribution >= 4 is 18.4 Å². The van der Waals surface area contributed by atoms with Crippen LogP contribution in [0.4, 0.5) is 4.39 Å². The van der Waals surface area contributed by atoms with Gasteiger partial charge in [0, 0.05) is 13.0 Å². The third-order valence-electron chi connectivity index (χ3n) is 1.98. The summed E-state index contributed by atoms with van der Waals surface area (Å²) >= 11 is 0. The Bertz CT molecular complexity index is 179. The third-order valence-corrected chi connectivity index (χ3v) is 1.98. The van der Waals surface area contributed by atoms with E-state index < -0.39 is 17.7 Å². The molecule has 5 heteroatoms. The molecule has 0 unspecified atom stereocenters. The summed E-state index contributed by atoms with van der Waals surface area (Å²) in [5, 5.41) is 2.78. The predicted molar refractivity (Wildman–Crippen MR) is 45.2 cm³/mol. The van der Waals surface area contributed by atoms with Crippen molar-refractivity contribution < 1.29 is 13.9 Å². The maximum atomic E-state index is 12.6. The van der Waals surface area contributed by atoms with Gasteiger partial charge < -0.3 is 4.74 Å². The van der Waals surface area contributed by atoms with Gasteiger partial charge in [0.15, 0.2) is 0 Å². The van der Waals surface area contributed by atoms with Crippen LogP contribution in [0, 0.1) is 0 Å². The highest BCUT2D eigenvalue weighted by molar-refractivity contribution is 5.85. The number of alkyl halides is 1. The lowest BCUT2D eigenvalue weighted by Crippen LogP contribution is -2.45. The van der Waals surface area contributed by atoms with Crippen LogP contribution in [0.3, 0.4) is 0 Å². The fourth-order valence-corrected chi connectivity index (χ4v) is 1.30. The molecule has 1 saturated heterocycles. The summed E-state index contributed by atoms with van der Waals surface area (Å²) in [6.07, 6.45) is -0.723. The normalized spacial score (nSPS) is 34.1. The summed E-state index contributed by atoms with van der Waals surface area (Å²) in [5.41, 5.74) is -0.811. The lowest BCUT2D eigenvalue weighted by molar-refractivity contribution is -0.147. The van der Waals surface area contributed by atoms with E-state index >= 15 is 0 Å². The van der Waals surface area contributed by atoms with Crippen molar-refractivity contribution in [2.24, 2.45) is 0 Å². The maximum absolute atomic E-state index is 12.6. The second-order valence-corrected chi connectivity index (χ2v) is 3.01. The Balaban J connectivity index is 0.00000121. The van der Waals surface area contributed by atoms with Crippen molar-refractivity contribution in [3.8, 4) is 0 Å². The Hall–Kier alpha value is -0.350. The van der Waals surface area contributed by atoms with Crippen molar-refractivity contribution in [2.75, 3.05) is 13.7 Å². The van der Waals surface area contributed by atoms with Crippen LogP contribution in [0.25, 0.3) is 0 Å². The van der Waals surface area contributed by atoms with E-state index in [1.54, 1.807) is 6.92 Å². The average molecular weight is 198 g/mol. The Labute approximate surface area is 77.1 Å².